The number of rotatable bonds is 7. The number of hydrogen-bond acceptors (Lipinski definition) is 5. The summed E-state index contributed by atoms with van der Waals surface area (Å²) in [6.45, 7) is 11.2. The molecule has 6 heteroatoms. The molecule has 6 nitrogen and oxygen atoms in total. The van der Waals surface area contributed by atoms with Gasteiger partial charge in [-0.25, -0.2) is 4.98 Å². The standard InChI is InChI=1S/C32H35N5O/c1-21(2)14-22(3)37-12-13-38-19-31(37)32-34-18-30(36-32)24-6-4-23(5-7-24)25-8-9-27-16-28(11-10-26(27)15-25)29-17-33-20-35-29/h4-11,15-18,20-21,31-32,34,36H,3,12-14,19H2,1-2H3,(H,33,35)/t31?,32-/m0/s1. The molecule has 4 aromatic rings. The highest BCUT2D eigenvalue weighted by atomic mass is 16.5. The van der Waals surface area contributed by atoms with Crippen LogP contribution in [0.3, 0.4) is 0 Å². The molecule has 3 aromatic carbocycles. The van der Waals surface area contributed by atoms with Gasteiger partial charge in [-0.2, -0.15) is 0 Å². The first kappa shape index (κ1) is 24.3. The molecule has 0 spiro atoms. The van der Waals surface area contributed by atoms with E-state index in [1.54, 1.807) is 6.33 Å². The van der Waals surface area contributed by atoms with Crippen LogP contribution in [0.4, 0.5) is 0 Å². The summed E-state index contributed by atoms with van der Waals surface area (Å²) in [7, 11) is 0. The van der Waals surface area contributed by atoms with Crippen LogP contribution in [0.25, 0.3) is 38.9 Å². The summed E-state index contributed by atoms with van der Waals surface area (Å²) in [5, 5.41) is 9.67. The van der Waals surface area contributed by atoms with Crippen LogP contribution in [0, 0.1) is 5.92 Å². The molecule has 3 N–H and O–H groups in total. The Balaban J connectivity index is 1.15. The fraction of sp³-hybridized carbons (Fsp3) is 0.281. The van der Waals surface area contributed by atoms with E-state index >= 15 is 0 Å². The summed E-state index contributed by atoms with van der Waals surface area (Å²) in [4.78, 5) is 9.82. The van der Waals surface area contributed by atoms with Gasteiger partial charge in [-0.1, -0.05) is 69.0 Å². The van der Waals surface area contributed by atoms with Crippen molar-refractivity contribution in [2.24, 2.45) is 5.92 Å². The highest BCUT2D eigenvalue weighted by molar-refractivity contribution is 5.90. The first-order valence-corrected chi connectivity index (χ1v) is 13.4. The van der Waals surface area contributed by atoms with E-state index in [4.69, 9.17) is 4.74 Å². The SMILES string of the molecule is C=C(CC(C)C)N1CCOCC1[C@H]1NC=C(c2ccc(-c3ccc4cc(-c5c[nH]cn5)ccc4c3)cc2)N1. The summed E-state index contributed by atoms with van der Waals surface area (Å²) < 4.78 is 5.85. The van der Waals surface area contributed by atoms with E-state index in [-0.39, 0.29) is 12.2 Å². The number of hydrogen-bond donors (Lipinski definition) is 3. The van der Waals surface area contributed by atoms with Crippen LogP contribution >= 0.6 is 0 Å². The average Bonchev–Trinajstić information content (AvgIpc) is 3.65. The number of morpholine rings is 1. The fourth-order valence-corrected chi connectivity index (χ4v) is 5.52. The summed E-state index contributed by atoms with van der Waals surface area (Å²) in [5.74, 6) is 0.588. The number of aromatic amines is 1. The van der Waals surface area contributed by atoms with Crippen molar-refractivity contribution in [3.63, 3.8) is 0 Å². The second kappa shape index (κ2) is 10.4. The molecule has 0 radical (unpaired) electrons. The van der Waals surface area contributed by atoms with Crippen molar-refractivity contribution >= 4 is 16.5 Å². The molecule has 1 unspecified atom stereocenters. The highest BCUT2D eigenvalue weighted by Crippen LogP contribution is 2.29. The molecule has 38 heavy (non-hydrogen) atoms. The molecule has 2 atom stereocenters. The largest absolute Gasteiger partial charge is 0.377 e. The molecule has 2 aliphatic rings. The minimum atomic E-state index is 0.0840. The molecule has 0 aliphatic carbocycles. The van der Waals surface area contributed by atoms with Crippen LogP contribution in [0.1, 0.15) is 25.8 Å². The lowest BCUT2D eigenvalue weighted by Crippen LogP contribution is -2.57. The van der Waals surface area contributed by atoms with Gasteiger partial charge in [-0.3, -0.25) is 0 Å². The molecule has 6 rings (SSSR count). The van der Waals surface area contributed by atoms with Gasteiger partial charge >= 0.3 is 0 Å². The van der Waals surface area contributed by atoms with Gasteiger partial charge in [0, 0.05) is 30.2 Å². The van der Waals surface area contributed by atoms with Crippen LogP contribution in [-0.2, 0) is 4.74 Å². The lowest BCUT2D eigenvalue weighted by molar-refractivity contribution is -0.00608. The molecular weight excluding hydrogens is 470 g/mol. The van der Waals surface area contributed by atoms with Crippen LogP contribution in [0.2, 0.25) is 0 Å². The molecular formula is C32H35N5O. The number of nitrogens with zero attached hydrogens (tertiary/aromatic N) is 2. The topological polar surface area (TPSA) is 65.2 Å². The zero-order valence-corrected chi connectivity index (χ0v) is 22.1. The van der Waals surface area contributed by atoms with Gasteiger partial charge in [0.2, 0.25) is 0 Å². The van der Waals surface area contributed by atoms with E-state index in [1.807, 2.05) is 6.20 Å². The predicted molar refractivity (Wildman–Crippen MR) is 155 cm³/mol. The van der Waals surface area contributed by atoms with Crippen molar-refractivity contribution in [3.8, 4) is 22.4 Å². The molecule has 0 saturated carbocycles. The number of aromatic nitrogens is 2. The lowest BCUT2D eigenvalue weighted by Gasteiger charge is -2.42. The summed E-state index contributed by atoms with van der Waals surface area (Å²) >= 11 is 0. The van der Waals surface area contributed by atoms with Crippen molar-refractivity contribution in [2.75, 3.05) is 19.8 Å². The number of allylic oxidation sites excluding steroid dienone is 1. The first-order chi connectivity index (χ1) is 18.5. The van der Waals surface area contributed by atoms with Gasteiger partial charge < -0.3 is 25.3 Å². The van der Waals surface area contributed by atoms with Crippen molar-refractivity contribution in [1.82, 2.24) is 25.5 Å². The van der Waals surface area contributed by atoms with Gasteiger partial charge in [0.25, 0.3) is 0 Å². The van der Waals surface area contributed by atoms with E-state index in [9.17, 15) is 0 Å². The Morgan fingerprint density at radius 2 is 1.71 bits per heavy atom. The zero-order chi connectivity index (χ0) is 26.1. The Morgan fingerprint density at radius 1 is 1.00 bits per heavy atom. The Bertz CT molecular complexity index is 1460. The maximum Gasteiger partial charge on any atom is 0.119 e. The van der Waals surface area contributed by atoms with E-state index in [1.165, 1.54) is 27.6 Å². The fourth-order valence-electron chi connectivity index (χ4n) is 5.52. The first-order valence-electron chi connectivity index (χ1n) is 13.4. The van der Waals surface area contributed by atoms with Crippen molar-refractivity contribution in [1.29, 1.82) is 0 Å². The zero-order valence-electron chi connectivity index (χ0n) is 22.1. The molecule has 194 valence electrons. The van der Waals surface area contributed by atoms with Crippen LogP contribution in [0.15, 0.2) is 91.7 Å². The van der Waals surface area contributed by atoms with Gasteiger partial charge in [0.05, 0.1) is 37.0 Å². The molecule has 2 aliphatic heterocycles. The minimum Gasteiger partial charge on any atom is -0.377 e. The number of fused-ring (bicyclic) bond motifs is 1. The van der Waals surface area contributed by atoms with E-state index < -0.39 is 0 Å². The van der Waals surface area contributed by atoms with E-state index in [0.29, 0.717) is 12.5 Å². The molecule has 1 aromatic heterocycles. The summed E-state index contributed by atoms with van der Waals surface area (Å²) in [6.07, 6.45) is 6.81. The van der Waals surface area contributed by atoms with E-state index in [0.717, 1.165) is 42.1 Å². The number of ether oxygens (including phenoxy) is 1. The molecule has 0 amide bonds. The normalized spacial score (nSPS) is 19.3. The van der Waals surface area contributed by atoms with Crippen molar-refractivity contribution in [2.45, 2.75) is 32.5 Å². The maximum atomic E-state index is 5.85. The van der Waals surface area contributed by atoms with Gasteiger partial charge in [-0.15, -0.1) is 0 Å². The third-order valence-corrected chi connectivity index (χ3v) is 7.48. The van der Waals surface area contributed by atoms with Gasteiger partial charge in [0.1, 0.15) is 6.17 Å². The third kappa shape index (κ3) is 4.92. The van der Waals surface area contributed by atoms with E-state index in [2.05, 4.69) is 113 Å². The second-order valence-electron chi connectivity index (χ2n) is 10.7. The Kier molecular flexibility index (Phi) is 6.64. The minimum absolute atomic E-state index is 0.0840. The van der Waals surface area contributed by atoms with Crippen LogP contribution in [-0.4, -0.2) is 46.8 Å². The molecule has 0 bridgehead atoms. The van der Waals surface area contributed by atoms with Gasteiger partial charge in [-0.05, 0) is 51.9 Å². The van der Waals surface area contributed by atoms with Crippen LogP contribution in [0.5, 0.6) is 0 Å². The van der Waals surface area contributed by atoms with Gasteiger partial charge in [0.15, 0.2) is 0 Å². The predicted octanol–water partition coefficient (Wildman–Crippen LogP) is 5.97. The monoisotopic (exact) mass is 505 g/mol. The smallest absolute Gasteiger partial charge is 0.119 e. The molecule has 3 heterocycles. The molecule has 1 fully saturated rings. The number of H-pyrrole nitrogens is 1. The van der Waals surface area contributed by atoms with Crippen LogP contribution < -0.4 is 10.6 Å². The number of imidazole rings is 1. The Hall–Kier alpha value is -4.03. The van der Waals surface area contributed by atoms with Crippen molar-refractivity contribution < 1.29 is 4.74 Å². The Morgan fingerprint density at radius 3 is 2.45 bits per heavy atom. The average molecular weight is 506 g/mol. The summed E-state index contributed by atoms with van der Waals surface area (Å²) in [5.41, 5.74) is 7.95. The molecule has 1 saturated heterocycles. The number of benzene rings is 3. The highest BCUT2D eigenvalue weighted by Gasteiger charge is 2.33. The number of nitrogens with one attached hydrogen (secondary N) is 3. The maximum absolute atomic E-state index is 5.85. The summed E-state index contributed by atoms with van der Waals surface area (Å²) in [6, 6.07) is 22.1. The lowest BCUT2D eigenvalue weighted by atomic mass is 9.98. The van der Waals surface area contributed by atoms with Crippen molar-refractivity contribution in [3.05, 3.63) is 97.2 Å². The Labute approximate surface area is 224 Å². The second-order valence-corrected chi connectivity index (χ2v) is 10.7. The third-order valence-electron chi connectivity index (χ3n) is 7.48. The quantitative estimate of drug-likeness (QED) is 0.289.